The van der Waals surface area contributed by atoms with Gasteiger partial charge in [-0.3, -0.25) is 9.59 Å². The molecule has 10 nitrogen and oxygen atoms in total. The second kappa shape index (κ2) is 10.6. The van der Waals surface area contributed by atoms with Crippen molar-refractivity contribution in [2.75, 3.05) is 33.1 Å². The Labute approximate surface area is 221 Å². The third-order valence-corrected chi connectivity index (χ3v) is 6.13. The van der Waals surface area contributed by atoms with Gasteiger partial charge in [0.25, 0.3) is 5.91 Å². The Bertz CT molecular complexity index is 1400. The van der Waals surface area contributed by atoms with Crippen LogP contribution in [0, 0.1) is 0 Å². The molecule has 3 amide bonds. The number of carbonyl (C=O) groups excluding carboxylic acids is 3. The maximum atomic E-state index is 13.8. The number of fused-ring (bicyclic) bond motifs is 3. The molecule has 0 unspecified atom stereocenters. The van der Waals surface area contributed by atoms with E-state index in [4.69, 9.17) is 9.47 Å². The van der Waals surface area contributed by atoms with E-state index in [1.807, 2.05) is 36.4 Å². The number of nitrogens with one attached hydrogen (secondary N) is 2. The van der Waals surface area contributed by atoms with Crippen LogP contribution in [0.3, 0.4) is 0 Å². The summed E-state index contributed by atoms with van der Waals surface area (Å²) in [5.41, 5.74) is 4.98. The first-order valence-electron chi connectivity index (χ1n) is 12.3. The van der Waals surface area contributed by atoms with E-state index >= 15 is 0 Å². The van der Waals surface area contributed by atoms with E-state index in [0.717, 1.165) is 40.0 Å². The molecule has 3 heterocycles. The molecule has 2 aliphatic heterocycles. The van der Waals surface area contributed by atoms with Crippen molar-refractivity contribution in [3.8, 4) is 5.75 Å². The number of methoxy groups -OCH3 is 1. The number of rotatable bonds is 3. The molecule has 0 saturated carbocycles. The van der Waals surface area contributed by atoms with E-state index in [1.165, 1.54) is 9.80 Å². The molecule has 0 saturated heterocycles. The van der Waals surface area contributed by atoms with Gasteiger partial charge in [0.05, 0.1) is 24.5 Å². The fourth-order valence-electron chi connectivity index (χ4n) is 4.55. The fraction of sp³-hybridized carbons (Fsp3) is 0.357. The van der Waals surface area contributed by atoms with Crippen molar-refractivity contribution in [3.63, 3.8) is 0 Å². The molecule has 2 aliphatic rings. The summed E-state index contributed by atoms with van der Waals surface area (Å²) in [5.74, 6) is -0.0868. The molecule has 200 valence electrons. The standard InChI is InChI=1S/C25H26N4O4.C3H7NO/c1-25(2,3)33-24(31)29-11-10-17-21(23(29)30)19(14-6-5-7-15(12-14)32-4)20-16(28-17)8-9-18-22(20)27-13-26-18;1-4(2)3-5/h5-9,12-13,19,28H,10-11H2,1-4H3,(H,26,27);3H,1-2H3/t19-;/m1./s1. The van der Waals surface area contributed by atoms with Crippen LogP contribution in [0.25, 0.3) is 11.0 Å². The lowest BCUT2D eigenvalue weighted by molar-refractivity contribution is -0.127. The fourth-order valence-corrected chi connectivity index (χ4v) is 4.55. The van der Waals surface area contributed by atoms with Crippen LogP contribution in [-0.4, -0.2) is 71.5 Å². The third-order valence-electron chi connectivity index (χ3n) is 6.13. The van der Waals surface area contributed by atoms with Crippen LogP contribution >= 0.6 is 0 Å². The summed E-state index contributed by atoms with van der Waals surface area (Å²) >= 11 is 0. The van der Waals surface area contributed by atoms with Gasteiger partial charge in [-0.2, -0.15) is 0 Å². The van der Waals surface area contributed by atoms with Gasteiger partial charge < -0.3 is 24.7 Å². The number of hydrogen-bond donors (Lipinski definition) is 2. The summed E-state index contributed by atoms with van der Waals surface area (Å²) in [6.45, 7) is 5.62. The van der Waals surface area contributed by atoms with Gasteiger partial charge in [-0.15, -0.1) is 0 Å². The first-order valence-corrected chi connectivity index (χ1v) is 12.3. The summed E-state index contributed by atoms with van der Waals surface area (Å²) in [6, 6.07) is 11.6. The van der Waals surface area contributed by atoms with Crippen molar-refractivity contribution in [2.24, 2.45) is 0 Å². The first kappa shape index (κ1) is 26.7. The highest BCUT2D eigenvalue weighted by atomic mass is 16.6. The lowest BCUT2D eigenvalue weighted by Crippen LogP contribution is -2.47. The van der Waals surface area contributed by atoms with Gasteiger partial charge in [-0.05, 0) is 50.6 Å². The van der Waals surface area contributed by atoms with E-state index in [-0.39, 0.29) is 12.5 Å². The molecule has 3 aromatic rings. The van der Waals surface area contributed by atoms with Gasteiger partial charge in [-0.1, -0.05) is 12.1 Å². The van der Waals surface area contributed by atoms with E-state index < -0.39 is 17.6 Å². The van der Waals surface area contributed by atoms with Gasteiger partial charge in [0, 0.05) is 55.5 Å². The van der Waals surface area contributed by atoms with E-state index in [1.54, 1.807) is 48.3 Å². The molecule has 1 aromatic heterocycles. The van der Waals surface area contributed by atoms with Crippen molar-refractivity contribution < 1.29 is 23.9 Å². The number of anilines is 1. The summed E-state index contributed by atoms with van der Waals surface area (Å²) < 4.78 is 11.0. The second-order valence-corrected chi connectivity index (χ2v) is 10.3. The van der Waals surface area contributed by atoms with Crippen molar-refractivity contribution in [1.82, 2.24) is 19.8 Å². The molecule has 0 bridgehead atoms. The second-order valence-electron chi connectivity index (χ2n) is 10.3. The molecule has 2 aromatic carbocycles. The van der Waals surface area contributed by atoms with Gasteiger partial charge >= 0.3 is 6.09 Å². The van der Waals surface area contributed by atoms with E-state index in [0.29, 0.717) is 17.7 Å². The number of H-pyrrole nitrogens is 1. The Morgan fingerprint density at radius 3 is 2.61 bits per heavy atom. The zero-order valence-corrected chi connectivity index (χ0v) is 22.5. The minimum Gasteiger partial charge on any atom is -0.497 e. The van der Waals surface area contributed by atoms with Gasteiger partial charge in [0.15, 0.2) is 0 Å². The molecular formula is C28H33N5O5. The summed E-state index contributed by atoms with van der Waals surface area (Å²) in [5, 5.41) is 3.44. The number of carbonyl (C=O) groups is 3. The van der Waals surface area contributed by atoms with Crippen LogP contribution in [0.15, 0.2) is 54.0 Å². The van der Waals surface area contributed by atoms with Crippen LogP contribution in [0.2, 0.25) is 0 Å². The Morgan fingerprint density at radius 2 is 1.95 bits per heavy atom. The number of imidazole rings is 1. The van der Waals surface area contributed by atoms with E-state index in [2.05, 4.69) is 15.3 Å². The van der Waals surface area contributed by atoms with Crippen molar-refractivity contribution in [1.29, 1.82) is 0 Å². The predicted molar refractivity (Wildman–Crippen MR) is 144 cm³/mol. The first-order chi connectivity index (χ1) is 18.0. The number of nitrogens with zero attached hydrogens (tertiary/aromatic N) is 3. The quantitative estimate of drug-likeness (QED) is 0.497. The average molecular weight is 520 g/mol. The smallest absolute Gasteiger partial charge is 0.417 e. The lowest BCUT2D eigenvalue weighted by Gasteiger charge is -2.38. The Morgan fingerprint density at radius 1 is 1.21 bits per heavy atom. The molecule has 38 heavy (non-hydrogen) atoms. The van der Waals surface area contributed by atoms with Gasteiger partial charge in [-0.25, -0.2) is 14.7 Å². The van der Waals surface area contributed by atoms with Crippen LogP contribution in [0.4, 0.5) is 10.5 Å². The van der Waals surface area contributed by atoms with Crippen LogP contribution in [0.5, 0.6) is 5.75 Å². The average Bonchev–Trinajstić information content (AvgIpc) is 3.36. The number of aromatic amines is 1. The van der Waals surface area contributed by atoms with Crippen LogP contribution in [0.1, 0.15) is 44.2 Å². The van der Waals surface area contributed by atoms with Crippen molar-refractivity contribution in [2.45, 2.75) is 38.7 Å². The van der Waals surface area contributed by atoms with Crippen LogP contribution in [-0.2, 0) is 14.3 Å². The predicted octanol–water partition coefficient (Wildman–Crippen LogP) is 4.25. The molecule has 0 radical (unpaired) electrons. The topological polar surface area (TPSA) is 117 Å². The summed E-state index contributed by atoms with van der Waals surface area (Å²) in [4.78, 5) is 46.4. The molecule has 2 N–H and O–H groups in total. The highest BCUT2D eigenvalue weighted by molar-refractivity contribution is 6.07. The monoisotopic (exact) mass is 519 g/mol. The zero-order chi connectivity index (χ0) is 27.6. The molecule has 1 atom stereocenters. The van der Waals surface area contributed by atoms with Gasteiger partial charge in [0.2, 0.25) is 6.41 Å². The SMILES string of the molecule is CN(C)C=O.COc1cccc([C@H]2C3=C(CCN(C(=O)OC(C)(C)C)C3=O)Nc3ccc4[nH]cnc4c32)c1. The van der Waals surface area contributed by atoms with Crippen molar-refractivity contribution in [3.05, 3.63) is 65.1 Å². The highest BCUT2D eigenvalue weighted by Gasteiger charge is 2.42. The van der Waals surface area contributed by atoms with Crippen LogP contribution < -0.4 is 10.1 Å². The number of imide groups is 1. The maximum Gasteiger partial charge on any atom is 0.417 e. The molecular weight excluding hydrogens is 486 g/mol. The van der Waals surface area contributed by atoms with Crippen molar-refractivity contribution >= 4 is 35.1 Å². The lowest BCUT2D eigenvalue weighted by atomic mass is 9.78. The highest BCUT2D eigenvalue weighted by Crippen LogP contribution is 2.47. The maximum absolute atomic E-state index is 13.8. The Balaban J connectivity index is 0.000000617. The number of benzene rings is 2. The number of amides is 3. The molecule has 10 heteroatoms. The molecule has 5 rings (SSSR count). The normalized spacial score (nSPS) is 16.5. The largest absolute Gasteiger partial charge is 0.497 e. The molecule has 0 fully saturated rings. The zero-order valence-electron chi connectivity index (χ0n) is 22.5. The number of aromatic nitrogens is 2. The summed E-state index contributed by atoms with van der Waals surface area (Å²) in [6.07, 6.45) is 2.28. The Kier molecular flexibility index (Phi) is 7.43. The minimum atomic E-state index is -0.698. The number of ether oxygens (including phenoxy) is 2. The molecule has 0 aliphatic carbocycles. The van der Waals surface area contributed by atoms with E-state index in [9.17, 15) is 14.4 Å². The molecule has 0 spiro atoms. The minimum absolute atomic E-state index is 0.254. The summed E-state index contributed by atoms with van der Waals surface area (Å²) in [7, 11) is 4.99. The van der Waals surface area contributed by atoms with Gasteiger partial charge in [0.1, 0.15) is 11.4 Å². The third kappa shape index (κ3) is 5.34. The number of hydrogen-bond acceptors (Lipinski definition) is 7. The Hall–Kier alpha value is -4.34.